The van der Waals surface area contributed by atoms with Crippen molar-refractivity contribution in [3.63, 3.8) is 0 Å². The lowest BCUT2D eigenvalue weighted by molar-refractivity contribution is -0.137. The lowest BCUT2D eigenvalue weighted by Gasteiger charge is -2.19. The Labute approximate surface area is 154 Å². The molecule has 5 nitrogen and oxygen atoms in total. The normalized spacial score (nSPS) is 12.0. The zero-order valence-corrected chi connectivity index (χ0v) is 14.1. The number of halogens is 4. The summed E-state index contributed by atoms with van der Waals surface area (Å²) in [6.07, 6.45) is -4.55. The SMILES string of the molecule is O=c1nc2n(-c3cccc(C(F)(F)F)c3)c3cccc(Cl)c3cc-2c(=O)[nH]1. The van der Waals surface area contributed by atoms with E-state index in [0.29, 0.717) is 15.9 Å². The first-order chi connectivity index (χ1) is 12.8. The van der Waals surface area contributed by atoms with Crippen LogP contribution in [-0.4, -0.2) is 14.5 Å². The molecule has 0 fully saturated rings. The highest BCUT2D eigenvalue weighted by atomic mass is 35.5. The summed E-state index contributed by atoms with van der Waals surface area (Å²) in [5.74, 6) is -0.0576. The maximum atomic E-state index is 13.2. The first-order valence-corrected chi connectivity index (χ1v) is 8.05. The number of nitrogens with one attached hydrogen (secondary N) is 1. The number of hydrogen-bond donors (Lipinski definition) is 1. The fourth-order valence-electron chi connectivity index (χ4n) is 2.96. The molecular formula is C18H9ClF3N3O2. The van der Waals surface area contributed by atoms with Crippen LogP contribution in [0.2, 0.25) is 5.02 Å². The maximum Gasteiger partial charge on any atom is 0.416 e. The van der Waals surface area contributed by atoms with Crippen LogP contribution in [0.1, 0.15) is 5.56 Å². The Hall–Kier alpha value is -3.13. The molecule has 0 aromatic heterocycles. The molecule has 0 saturated carbocycles. The van der Waals surface area contributed by atoms with Crippen molar-refractivity contribution in [2.75, 3.05) is 0 Å². The number of pyridine rings is 1. The van der Waals surface area contributed by atoms with Gasteiger partial charge in [0.2, 0.25) is 0 Å². The van der Waals surface area contributed by atoms with Gasteiger partial charge in [-0.3, -0.25) is 14.3 Å². The van der Waals surface area contributed by atoms with Crippen molar-refractivity contribution in [1.29, 1.82) is 0 Å². The van der Waals surface area contributed by atoms with Crippen molar-refractivity contribution in [3.05, 3.63) is 80.0 Å². The molecular weight excluding hydrogens is 383 g/mol. The van der Waals surface area contributed by atoms with Crippen LogP contribution in [0.3, 0.4) is 0 Å². The minimum Gasteiger partial charge on any atom is -0.294 e. The van der Waals surface area contributed by atoms with Crippen LogP contribution in [0.5, 0.6) is 0 Å². The van der Waals surface area contributed by atoms with Gasteiger partial charge in [-0.05, 0) is 36.4 Å². The van der Waals surface area contributed by atoms with Crippen LogP contribution in [0.4, 0.5) is 13.2 Å². The van der Waals surface area contributed by atoms with Crippen molar-refractivity contribution in [2.45, 2.75) is 6.18 Å². The van der Waals surface area contributed by atoms with Crippen molar-refractivity contribution in [3.8, 4) is 17.1 Å². The molecule has 9 heteroatoms. The van der Waals surface area contributed by atoms with Crippen LogP contribution in [0, 0.1) is 0 Å². The van der Waals surface area contributed by atoms with E-state index in [9.17, 15) is 22.8 Å². The van der Waals surface area contributed by atoms with E-state index in [4.69, 9.17) is 11.6 Å². The topological polar surface area (TPSA) is 67.8 Å². The number of alkyl halides is 3. The third-order valence-corrected chi connectivity index (χ3v) is 4.45. The van der Waals surface area contributed by atoms with Gasteiger partial charge < -0.3 is 0 Å². The lowest BCUT2D eigenvalue weighted by Crippen LogP contribution is -2.27. The van der Waals surface area contributed by atoms with Gasteiger partial charge >= 0.3 is 11.9 Å². The van der Waals surface area contributed by atoms with Gasteiger partial charge in [-0.25, -0.2) is 4.79 Å². The molecule has 0 aliphatic carbocycles. The third-order valence-electron chi connectivity index (χ3n) is 4.12. The van der Waals surface area contributed by atoms with E-state index < -0.39 is 23.0 Å². The molecule has 0 atom stereocenters. The first kappa shape index (κ1) is 17.3. The van der Waals surface area contributed by atoms with Crippen LogP contribution < -0.4 is 11.2 Å². The van der Waals surface area contributed by atoms with Gasteiger partial charge in [0, 0.05) is 16.1 Å². The smallest absolute Gasteiger partial charge is 0.294 e. The molecule has 0 radical (unpaired) electrons. The number of nitrogens with zero attached hydrogens (tertiary/aromatic N) is 2. The second-order valence-electron chi connectivity index (χ2n) is 5.81. The zero-order valence-electron chi connectivity index (χ0n) is 13.3. The summed E-state index contributed by atoms with van der Waals surface area (Å²) in [6.45, 7) is 0. The van der Waals surface area contributed by atoms with Gasteiger partial charge in [0.05, 0.1) is 16.6 Å². The average Bonchev–Trinajstić information content (AvgIpc) is 2.60. The molecule has 2 heterocycles. The van der Waals surface area contributed by atoms with E-state index in [0.717, 1.165) is 12.1 Å². The van der Waals surface area contributed by atoms with Crippen molar-refractivity contribution < 1.29 is 13.2 Å². The lowest BCUT2D eigenvalue weighted by atomic mass is 10.1. The fraction of sp³-hybridized carbons (Fsp3) is 0.0556. The predicted molar refractivity (Wildman–Crippen MR) is 94.6 cm³/mol. The number of H-pyrrole nitrogens is 1. The Kier molecular flexibility index (Phi) is 3.81. The van der Waals surface area contributed by atoms with Crippen molar-refractivity contribution in [1.82, 2.24) is 14.5 Å². The maximum absolute atomic E-state index is 13.2. The van der Waals surface area contributed by atoms with Crippen LogP contribution >= 0.6 is 11.6 Å². The van der Waals surface area contributed by atoms with E-state index in [1.54, 1.807) is 18.2 Å². The Morgan fingerprint density at radius 3 is 2.52 bits per heavy atom. The standard InChI is InChI=1S/C18H9ClF3N3O2/c19-13-5-2-6-14-11(13)8-12-15(23-17(27)24-16(12)26)25(14)10-4-1-3-9(7-10)18(20,21)22/h1-8H,(H,24,26,27). The highest BCUT2D eigenvalue weighted by molar-refractivity contribution is 6.35. The van der Waals surface area contributed by atoms with Crippen molar-refractivity contribution in [2.24, 2.45) is 0 Å². The summed E-state index contributed by atoms with van der Waals surface area (Å²) in [5, 5.41) is 0.746. The largest absolute Gasteiger partial charge is 0.416 e. The van der Waals surface area contributed by atoms with Crippen LogP contribution in [-0.2, 0) is 6.18 Å². The average molecular weight is 392 g/mol. The van der Waals surface area contributed by atoms with E-state index in [1.165, 1.54) is 22.8 Å². The van der Waals surface area contributed by atoms with E-state index in [1.807, 2.05) is 0 Å². The number of hydrogen-bond acceptors (Lipinski definition) is 3. The molecule has 0 spiro atoms. The van der Waals surface area contributed by atoms with Gasteiger partial charge in [0.25, 0.3) is 5.56 Å². The first-order valence-electron chi connectivity index (χ1n) is 7.67. The quantitative estimate of drug-likeness (QED) is 0.501. The molecule has 27 heavy (non-hydrogen) atoms. The summed E-state index contributed by atoms with van der Waals surface area (Å²) in [5.41, 5.74) is -1.92. The molecule has 0 amide bonds. The summed E-state index contributed by atoms with van der Waals surface area (Å²) < 4.78 is 40.8. The Morgan fingerprint density at radius 2 is 1.78 bits per heavy atom. The molecule has 0 unspecified atom stereocenters. The summed E-state index contributed by atoms with van der Waals surface area (Å²) in [6, 6.07) is 10.8. The summed E-state index contributed by atoms with van der Waals surface area (Å²) >= 11 is 6.22. The van der Waals surface area contributed by atoms with Crippen LogP contribution in [0.15, 0.2) is 58.1 Å². The monoisotopic (exact) mass is 391 g/mol. The number of aromatic amines is 1. The minimum absolute atomic E-state index is 0.0348. The molecule has 0 saturated heterocycles. The second kappa shape index (κ2) is 5.95. The zero-order chi connectivity index (χ0) is 19.3. The number of aromatic nitrogens is 3. The van der Waals surface area contributed by atoms with Crippen molar-refractivity contribution >= 4 is 22.5 Å². The van der Waals surface area contributed by atoms with Gasteiger partial charge in [-0.15, -0.1) is 0 Å². The predicted octanol–water partition coefficient (Wildman–Crippen LogP) is 3.85. The van der Waals surface area contributed by atoms with Gasteiger partial charge in [-0.1, -0.05) is 23.7 Å². The Balaban J connectivity index is 2.20. The number of rotatable bonds is 1. The van der Waals surface area contributed by atoms with Crippen LogP contribution in [0.25, 0.3) is 28.0 Å². The molecule has 2 aromatic carbocycles. The molecule has 2 aliphatic rings. The highest BCUT2D eigenvalue weighted by Gasteiger charge is 2.31. The molecule has 136 valence electrons. The molecule has 4 rings (SSSR count). The molecule has 0 bridgehead atoms. The third kappa shape index (κ3) is 2.87. The molecule has 1 N–H and O–H groups in total. The number of fused-ring (bicyclic) bond motifs is 2. The molecule has 2 aromatic rings. The molecule has 2 aliphatic heterocycles. The van der Waals surface area contributed by atoms with E-state index >= 15 is 0 Å². The summed E-state index contributed by atoms with van der Waals surface area (Å²) in [7, 11) is 0. The second-order valence-corrected chi connectivity index (χ2v) is 6.22. The Bertz CT molecular complexity index is 1280. The van der Waals surface area contributed by atoms with Gasteiger partial charge in [-0.2, -0.15) is 18.2 Å². The highest BCUT2D eigenvalue weighted by Crippen LogP contribution is 2.34. The Morgan fingerprint density at radius 1 is 1.04 bits per heavy atom. The van der Waals surface area contributed by atoms with E-state index in [2.05, 4.69) is 9.97 Å². The number of benzene rings is 2. The summed E-state index contributed by atoms with van der Waals surface area (Å²) in [4.78, 5) is 29.8. The van der Waals surface area contributed by atoms with E-state index in [-0.39, 0.29) is 17.1 Å². The minimum atomic E-state index is -4.55. The van der Waals surface area contributed by atoms with Gasteiger partial charge in [0.15, 0.2) is 5.82 Å². The fourth-order valence-corrected chi connectivity index (χ4v) is 3.18. The van der Waals surface area contributed by atoms with Gasteiger partial charge in [0.1, 0.15) is 0 Å².